The van der Waals surface area contributed by atoms with Crippen molar-refractivity contribution < 1.29 is 17.9 Å². The molecule has 112 valence electrons. The first-order valence-corrected chi connectivity index (χ1v) is 8.05. The number of sulfonamides is 1. The first-order chi connectivity index (χ1) is 9.96. The van der Waals surface area contributed by atoms with Gasteiger partial charge in [0.05, 0.1) is 18.0 Å². The molecule has 1 heterocycles. The van der Waals surface area contributed by atoms with E-state index >= 15 is 0 Å². The lowest BCUT2D eigenvalue weighted by molar-refractivity contribution is -0.140. The third-order valence-corrected chi connectivity index (χ3v) is 5.16. The van der Waals surface area contributed by atoms with Crippen molar-refractivity contribution in [3.8, 4) is 11.8 Å². The molecule has 6 heteroatoms. The van der Waals surface area contributed by atoms with Gasteiger partial charge in [-0.2, -0.15) is 4.31 Å². The van der Waals surface area contributed by atoms with Crippen LogP contribution in [-0.4, -0.2) is 37.9 Å². The monoisotopic (exact) mass is 307 g/mol. The number of cyclic esters (lactones) is 1. The average molecular weight is 307 g/mol. The molecule has 1 saturated heterocycles. The number of carbonyl (C=O) groups excluding carboxylic acids is 1. The van der Waals surface area contributed by atoms with Gasteiger partial charge >= 0.3 is 5.97 Å². The van der Waals surface area contributed by atoms with Gasteiger partial charge in [0.2, 0.25) is 10.0 Å². The molecule has 0 N–H and O–H groups in total. The van der Waals surface area contributed by atoms with Crippen LogP contribution in [0.2, 0.25) is 0 Å². The van der Waals surface area contributed by atoms with Crippen LogP contribution in [0.25, 0.3) is 0 Å². The molecule has 0 saturated carbocycles. The highest BCUT2D eigenvalue weighted by Crippen LogP contribution is 2.23. The third-order valence-electron chi connectivity index (χ3n) is 3.29. The van der Waals surface area contributed by atoms with Crippen LogP contribution in [-0.2, 0) is 19.6 Å². The summed E-state index contributed by atoms with van der Waals surface area (Å²) in [5.74, 6) is 4.87. The van der Waals surface area contributed by atoms with Crippen molar-refractivity contribution in [3.63, 3.8) is 0 Å². The number of esters is 1. The van der Waals surface area contributed by atoms with Crippen molar-refractivity contribution in [1.29, 1.82) is 0 Å². The van der Waals surface area contributed by atoms with Crippen molar-refractivity contribution in [2.45, 2.75) is 31.2 Å². The zero-order valence-corrected chi connectivity index (χ0v) is 12.8. The number of carbonyl (C=O) groups is 1. The van der Waals surface area contributed by atoms with Crippen LogP contribution in [0.5, 0.6) is 0 Å². The van der Waals surface area contributed by atoms with Crippen LogP contribution >= 0.6 is 0 Å². The van der Waals surface area contributed by atoms with Gasteiger partial charge in [0.15, 0.2) is 0 Å². The summed E-state index contributed by atoms with van der Waals surface area (Å²) >= 11 is 0. The van der Waals surface area contributed by atoms with Gasteiger partial charge in [-0.05, 0) is 26.0 Å². The molecule has 0 radical (unpaired) electrons. The second kappa shape index (κ2) is 6.29. The number of rotatable bonds is 4. The summed E-state index contributed by atoms with van der Waals surface area (Å²) in [6, 6.07) is 5.74. The largest absolute Gasteiger partial charge is 0.464 e. The molecule has 1 fully saturated rings. The fourth-order valence-electron chi connectivity index (χ4n) is 2.11. The summed E-state index contributed by atoms with van der Waals surface area (Å²) in [5.41, 5.74) is 0.967. The molecule has 0 spiro atoms. The van der Waals surface area contributed by atoms with Gasteiger partial charge in [-0.15, -0.1) is 5.92 Å². The van der Waals surface area contributed by atoms with Gasteiger partial charge in [0, 0.05) is 6.42 Å². The Bertz CT molecular complexity index is 683. The van der Waals surface area contributed by atoms with E-state index in [1.165, 1.54) is 12.1 Å². The molecular formula is C15H17NO4S. The van der Waals surface area contributed by atoms with Gasteiger partial charge in [-0.25, -0.2) is 8.42 Å². The van der Waals surface area contributed by atoms with Gasteiger partial charge < -0.3 is 4.74 Å². The number of hydrogen-bond donors (Lipinski definition) is 0. The van der Waals surface area contributed by atoms with Gasteiger partial charge in [-0.3, -0.25) is 4.79 Å². The SMILES string of the molecule is CC#CCN([C@H]1CCOC1=O)S(=O)(=O)c1ccc(C)cc1. The second-order valence-electron chi connectivity index (χ2n) is 4.76. The van der Waals surface area contributed by atoms with E-state index in [9.17, 15) is 13.2 Å². The molecule has 1 aromatic carbocycles. The maximum Gasteiger partial charge on any atom is 0.324 e. The van der Waals surface area contributed by atoms with Crippen molar-refractivity contribution in [1.82, 2.24) is 4.31 Å². The van der Waals surface area contributed by atoms with E-state index in [1.807, 2.05) is 6.92 Å². The van der Waals surface area contributed by atoms with Crippen LogP contribution in [0, 0.1) is 18.8 Å². The van der Waals surface area contributed by atoms with E-state index < -0.39 is 22.0 Å². The summed E-state index contributed by atoms with van der Waals surface area (Å²) in [6.45, 7) is 3.73. The summed E-state index contributed by atoms with van der Waals surface area (Å²) in [4.78, 5) is 11.9. The number of aryl methyl sites for hydroxylation is 1. The Balaban J connectivity index is 2.40. The Morgan fingerprint density at radius 2 is 2.00 bits per heavy atom. The summed E-state index contributed by atoms with van der Waals surface area (Å²) in [6.07, 6.45) is 0.356. The molecule has 5 nitrogen and oxygen atoms in total. The van der Waals surface area contributed by atoms with E-state index in [0.29, 0.717) is 6.42 Å². The predicted molar refractivity (Wildman–Crippen MR) is 77.9 cm³/mol. The minimum atomic E-state index is -3.78. The summed E-state index contributed by atoms with van der Waals surface area (Å²) in [7, 11) is -3.78. The molecule has 21 heavy (non-hydrogen) atoms. The molecular weight excluding hydrogens is 290 g/mol. The predicted octanol–water partition coefficient (Wildman–Crippen LogP) is 1.32. The van der Waals surface area contributed by atoms with Gasteiger partial charge in [0.25, 0.3) is 0 Å². The fourth-order valence-corrected chi connectivity index (χ4v) is 3.62. The van der Waals surface area contributed by atoms with Crippen LogP contribution in [0.15, 0.2) is 29.2 Å². The molecule has 2 rings (SSSR count). The molecule has 1 atom stereocenters. The molecule has 1 aliphatic rings. The number of ether oxygens (including phenoxy) is 1. The van der Waals surface area contributed by atoms with E-state index in [4.69, 9.17) is 4.74 Å². The molecule has 0 unspecified atom stereocenters. The Hall–Kier alpha value is -1.84. The summed E-state index contributed by atoms with van der Waals surface area (Å²) < 4.78 is 31.5. The fraction of sp³-hybridized carbons (Fsp3) is 0.400. The van der Waals surface area contributed by atoms with E-state index in [-0.39, 0.29) is 18.0 Å². The van der Waals surface area contributed by atoms with Crippen LogP contribution in [0.1, 0.15) is 18.9 Å². The highest BCUT2D eigenvalue weighted by molar-refractivity contribution is 7.89. The lowest BCUT2D eigenvalue weighted by atomic mass is 10.2. The smallest absolute Gasteiger partial charge is 0.324 e. The standard InChI is InChI=1S/C15H17NO4S/c1-3-4-10-16(14-9-11-20-15(14)17)21(18,19)13-7-5-12(2)6-8-13/h5-8,14H,9-11H2,1-2H3/t14-/m0/s1. The minimum absolute atomic E-state index is 0.0214. The average Bonchev–Trinajstić information content (AvgIpc) is 2.86. The van der Waals surface area contributed by atoms with Crippen molar-refractivity contribution in [3.05, 3.63) is 29.8 Å². The van der Waals surface area contributed by atoms with E-state index in [0.717, 1.165) is 9.87 Å². The quantitative estimate of drug-likeness (QED) is 0.622. The highest BCUT2D eigenvalue weighted by atomic mass is 32.2. The Morgan fingerprint density at radius 3 is 2.52 bits per heavy atom. The molecule has 0 aliphatic carbocycles. The van der Waals surface area contributed by atoms with Gasteiger partial charge in [-0.1, -0.05) is 23.6 Å². The second-order valence-corrected chi connectivity index (χ2v) is 6.65. The molecule has 1 aromatic rings. The minimum Gasteiger partial charge on any atom is -0.464 e. The Kier molecular flexibility index (Phi) is 4.66. The highest BCUT2D eigenvalue weighted by Gasteiger charge is 2.39. The molecule has 0 aromatic heterocycles. The first kappa shape index (κ1) is 15.5. The molecule has 1 aliphatic heterocycles. The maximum atomic E-state index is 12.7. The topological polar surface area (TPSA) is 63.7 Å². The Morgan fingerprint density at radius 1 is 1.33 bits per heavy atom. The van der Waals surface area contributed by atoms with Crippen molar-refractivity contribution in [2.75, 3.05) is 13.2 Å². The van der Waals surface area contributed by atoms with Crippen LogP contribution in [0.4, 0.5) is 0 Å². The van der Waals surface area contributed by atoms with Crippen LogP contribution in [0.3, 0.4) is 0 Å². The normalized spacial score (nSPS) is 18.2. The van der Waals surface area contributed by atoms with E-state index in [1.54, 1.807) is 19.1 Å². The first-order valence-electron chi connectivity index (χ1n) is 6.61. The van der Waals surface area contributed by atoms with Crippen molar-refractivity contribution in [2.24, 2.45) is 0 Å². The Labute approximate surface area is 125 Å². The van der Waals surface area contributed by atoms with Gasteiger partial charge in [0.1, 0.15) is 6.04 Å². The lowest BCUT2D eigenvalue weighted by Crippen LogP contribution is -2.43. The molecule has 0 amide bonds. The van der Waals surface area contributed by atoms with E-state index in [2.05, 4.69) is 11.8 Å². The maximum absolute atomic E-state index is 12.7. The zero-order valence-electron chi connectivity index (χ0n) is 12.0. The van der Waals surface area contributed by atoms with Crippen molar-refractivity contribution >= 4 is 16.0 Å². The third kappa shape index (κ3) is 3.26. The summed E-state index contributed by atoms with van der Waals surface area (Å²) in [5, 5.41) is 0. The van der Waals surface area contributed by atoms with Crippen LogP contribution < -0.4 is 0 Å². The number of hydrogen-bond acceptors (Lipinski definition) is 4. The lowest BCUT2D eigenvalue weighted by Gasteiger charge is -2.23. The number of nitrogens with zero attached hydrogens (tertiary/aromatic N) is 1. The number of benzene rings is 1. The molecule has 0 bridgehead atoms. The zero-order chi connectivity index (χ0) is 15.5.